The highest BCUT2D eigenvalue weighted by molar-refractivity contribution is 6.11. The quantitative estimate of drug-likeness (QED) is 0.151. The van der Waals surface area contributed by atoms with Crippen molar-refractivity contribution in [3.63, 3.8) is 0 Å². The van der Waals surface area contributed by atoms with Gasteiger partial charge >= 0.3 is 0 Å². The summed E-state index contributed by atoms with van der Waals surface area (Å²) in [4.78, 5) is 4.90. The van der Waals surface area contributed by atoms with E-state index in [0.29, 0.717) is 0 Å². The van der Waals surface area contributed by atoms with E-state index < -0.39 is 5.41 Å². The van der Waals surface area contributed by atoms with Crippen molar-refractivity contribution in [1.82, 2.24) is 0 Å². The van der Waals surface area contributed by atoms with E-state index >= 15 is 0 Å². The van der Waals surface area contributed by atoms with Crippen LogP contribution in [0.1, 0.15) is 22.3 Å². The van der Waals surface area contributed by atoms with Crippen LogP contribution < -0.4 is 9.80 Å². The molecule has 0 fully saturated rings. The Morgan fingerprint density at radius 2 is 0.769 bits per heavy atom. The fourth-order valence-electron chi connectivity index (χ4n) is 13.3. The Bertz CT molecular complexity index is 4680. The Morgan fingerprint density at radius 3 is 1.49 bits per heavy atom. The Hall–Kier alpha value is -10.2. The lowest BCUT2D eigenvalue weighted by atomic mass is 9.70. The van der Waals surface area contributed by atoms with Crippen molar-refractivity contribution in [2.24, 2.45) is 0 Å². The zero-order valence-electron chi connectivity index (χ0n) is 42.5. The van der Waals surface area contributed by atoms with Gasteiger partial charge in [-0.1, -0.05) is 224 Å². The summed E-state index contributed by atoms with van der Waals surface area (Å²) in [5.41, 5.74) is 22.2. The Kier molecular flexibility index (Phi) is 9.85. The molecule has 3 nitrogen and oxygen atoms in total. The van der Waals surface area contributed by atoms with E-state index in [1.54, 1.807) is 0 Å². The molecule has 1 atom stereocenters. The molecule has 0 bridgehead atoms. The van der Waals surface area contributed by atoms with Crippen LogP contribution in [0, 0.1) is 0 Å². The molecule has 13 aromatic carbocycles. The first kappa shape index (κ1) is 44.1. The molecule has 2 aliphatic rings. The number of benzene rings is 13. The second-order valence-electron chi connectivity index (χ2n) is 20.7. The summed E-state index contributed by atoms with van der Waals surface area (Å²) in [7, 11) is 0. The first-order valence-electron chi connectivity index (χ1n) is 26.9. The smallest absolute Gasteiger partial charge is 0.159 e. The SMILES string of the molecule is c1ccc(-c2ccc(-c3c(N(c4ccccc4)c4ccc5c(c4)C4(c6ccccc6-5)c5ccccc5-c5ccc(N(c6ccc7ccccc7c6)c6cccc7c6oc6ccccc67)cc54)ccc4ccccc34)cc2)cc1. The van der Waals surface area contributed by atoms with Crippen molar-refractivity contribution < 1.29 is 4.42 Å². The van der Waals surface area contributed by atoms with E-state index in [0.717, 1.165) is 61.6 Å². The zero-order chi connectivity index (χ0) is 51.3. The molecule has 3 heteroatoms. The van der Waals surface area contributed by atoms with E-state index in [9.17, 15) is 0 Å². The van der Waals surface area contributed by atoms with E-state index in [1.165, 1.54) is 82.7 Å². The summed E-state index contributed by atoms with van der Waals surface area (Å²) < 4.78 is 6.87. The average Bonchev–Trinajstić information content (AvgIpc) is 3.90. The number of furan rings is 1. The number of para-hydroxylation sites is 3. The van der Waals surface area contributed by atoms with Crippen molar-refractivity contribution in [2.45, 2.75) is 5.41 Å². The molecule has 78 heavy (non-hydrogen) atoms. The molecule has 14 aromatic rings. The number of rotatable bonds is 8. The van der Waals surface area contributed by atoms with Gasteiger partial charge in [-0.3, -0.25) is 0 Å². The minimum Gasteiger partial charge on any atom is -0.454 e. The first-order valence-corrected chi connectivity index (χ1v) is 26.9. The van der Waals surface area contributed by atoms with Crippen molar-refractivity contribution in [3.05, 3.63) is 313 Å². The lowest BCUT2D eigenvalue weighted by Crippen LogP contribution is -2.26. The van der Waals surface area contributed by atoms with Crippen molar-refractivity contribution >= 4 is 77.6 Å². The Balaban J connectivity index is 0.939. The number of fused-ring (bicyclic) bond motifs is 15. The van der Waals surface area contributed by atoms with Gasteiger partial charge in [0.05, 0.1) is 16.8 Å². The first-order chi connectivity index (χ1) is 38.7. The largest absolute Gasteiger partial charge is 0.454 e. The molecular formula is C75H48N2O. The van der Waals surface area contributed by atoms with Crippen LogP contribution in [0.5, 0.6) is 0 Å². The van der Waals surface area contributed by atoms with Gasteiger partial charge in [-0.05, 0) is 149 Å². The maximum Gasteiger partial charge on any atom is 0.159 e. The fourth-order valence-corrected chi connectivity index (χ4v) is 13.3. The van der Waals surface area contributed by atoms with Crippen LogP contribution in [0.2, 0.25) is 0 Å². The maximum atomic E-state index is 6.87. The molecule has 16 rings (SSSR count). The summed E-state index contributed by atoms with van der Waals surface area (Å²) in [6.07, 6.45) is 0. The van der Waals surface area contributed by atoms with Crippen molar-refractivity contribution in [3.8, 4) is 44.5 Å². The second-order valence-corrected chi connectivity index (χ2v) is 20.7. The monoisotopic (exact) mass is 992 g/mol. The topological polar surface area (TPSA) is 19.6 Å². The molecule has 0 N–H and O–H groups in total. The van der Waals surface area contributed by atoms with Gasteiger partial charge in [0.25, 0.3) is 0 Å². The maximum absolute atomic E-state index is 6.87. The summed E-state index contributed by atoms with van der Waals surface area (Å²) in [6, 6.07) is 107. The van der Waals surface area contributed by atoms with Crippen molar-refractivity contribution in [1.29, 1.82) is 0 Å². The van der Waals surface area contributed by atoms with Gasteiger partial charge in [-0.25, -0.2) is 0 Å². The van der Waals surface area contributed by atoms with E-state index in [2.05, 4.69) is 301 Å². The van der Waals surface area contributed by atoms with Gasteiger partial charge < -0.3 is 14.2 Å². The van der Waals surface area contributed by atoms with Gasteiger partial charge in [-0.2, -0.15) is 0 Å². The molecule has 0 radical (unpaired) electrons. The lowest BCUT2D eigenvalue weighted by Gasteiger charge is -2.34. The Labute approximate surface area is 452 Å². The highest BCUT2D eigenvalue weighted by Crippen LogP contribution is 2.64. The van der Waals surface area contributed by atoms with E-state index in [1.807, 2.05) is 0 Å². The fraction of sp³-hybridized carbons (Fsp3) is 0.0133. The van der Waals surface area contributed by atoms with E-state index in [4.69, 9.17) is 4.42 Å². The molecular weight excluding hydrogens is 945 g/mol. The highest BCUT2D eigenvalue weighted by atomic mass is 16.3. The number of hydrogen-bond donors (Lipinski definition) is 0. The highest BCUT2D eigenvalue weighted by Gasteiger charge is 2.52. The number of hydrogen-bond acceptors (Lipinski definition) is 3. The molecule has 2 aliphatic carbocycles. The summed E-state index contributed by atoms with van der Waals surface area (Å²) in [5.74, 6) is 0. The zero-order valence-corrected chi connectivity index (χ0v) is 42.5. The van der Waals surface area contributed by atoms with Crippen molar-refractivity contribution in [2.75, 3.05) is 9.80 Å². The predicted octanol–water partition coefficient (Wildman–Crippen LogP) is 20.5. The molecule has 1 spiro atoms. The summed E-state index contributed by atoms with van der Waals surface area (Å²) in [5, 5.41) is 6.97. The van der Waals surface area contributed by atoms with Crippen LogP contribution in [0.4, 0.5) is 34.1 Å². The molecule has 0 aliphatic heterocycles. The second kappa shape index (κ2) is 17.4. The molecule has 364 valence electrons. The minimum atomic E-state index is -0.661. The lowest BCUT2D eigenvalue weighted by molar-refractivity contribution is 0.669. The van der Waals surface area contributed by atoms with Crippen LogP contribution in [0.15, 0.2) is 296 Å². The number of nitrogens with zero attached hydrogens (tertiary/aromatic N) is 2. The van der Waals surface area contributed by atoms with Crippen LogP contribution in [-0.4, -0.2) is 0 Å². The predicted molar refractivity (Wildman–Crippen MR) is 325 cm³/mol. The van der Waals surface area contributed by atoms with Crippen LogP contribution in [0.3, 0.4) is 0 Å². The summed E-state index contributed by atoms with van der Waals surface area (Å²) in [6.45, 7) is 0. The molecule has 0 saturated heterocycles. The average molecular weight is 993 g/mol. The van der Waals surface area contributed by atoms with Crippen LogP contribution in [-0.2, 0) is 5.41 Å². The molecule has 1 heterocycles. The van der Waals surface area contributed by atoms with Gasteiger partial charge in [0.2, 0.25) is 0 Å². The third-order valence-corrected chi connectivity index (χ3v) is 16.6. The summed E-state index contributed by atoms with van der Waals surface area (Å²) >= 11 is 0. The molecule has 0 saturated carbocycles. The van der Waals surface area contributed by atoms with Gasteiger partial charge in [-0.15, -0.1) is 0 Å². The van der Waals surface area contributed by atoms with Gasteiger partial charge in [0, 0.05) is 39.1 Å². The standard InChI is InChI=1S/C75H48N2O/c1-3-18-49(19-4-1)51-34-36-53(37-35-51)73-59-25-10-9-21-52(59)39-45-70(73)76(55-23-5-2-6-24-55)57-41-43-62-60-26-11-14-30-66(60)75(68(62)47-57)67-31-15-12-27-61(67)63-44-42-58(48-69(63)75)77(56-40-38-50-20-7-8-22-54(50)46-56)71-32-17-29-65-64-28-13-16-33-72(64)78-74(65)71/h1-48H. The molecule has 0 amide bonds. The van der Waals surface area contributed by atoms with Gasteiger partial charge in [0.1, 0.15) is 5.58 Å². The molecule has 1 aromatic heterocycles. The van der Waals surface area contributed by atoms with Crippen LogP contribution in [0.25, 0.3) is 88.0 Å². The van der Waals surface area contributed by atoms with Crippen LogP contribution >= 0.6 is 0 Å². The number of anilines is 6. The molecule has 1 unspecified atom stereocenters. The van der Waals surface area contributed by atoms with E-state index in [-0.39, 0.29) is 0 Å². The minimum absolute atomic E-state index is 0.661. The van der Waals surface area contributed by atoms with Gasteiger partial charge in [0.15, 0.2) is 5.58 Å². The third kappa shape index (κ3) is 6.58. The Morgan fingerprint density at radius 1 is 0.269 bits per heavy atom. The normalized spacial score (nSPS) is 13.9. The third-order valence-electron chi connectivity index (χ3n) is 16.6.